The zero-order valence-corrected chi connectivity index (χ0v) is 24.7. The highest BCUT2D eigenvalue weighted by atomic mass is 35.5. The molecule has 4 heterocycles. The van der Waals surface area contributed by atoms with Crippen molar-refractivity contribution in [1.29, 1.82) is 5.26 Å². The Bertz CT molecular complexity index is 1490. The molecule has 0 bridgehead atoms. The number of hydrogen-bond donors (Lipinski definition) is 1. The van der Waals surface area contributed by atoms with Gasteiger partial charge < -0.3 is 24.5 Å². The van der Waals surface area contributed by atoms with Crippen LogP contribution in [0.5, 0.6) is 5.75 Å². The monoisotopic (exact) mass is 586 g/mol. The summed E-state index contributed by atoms with van der Waals surface area (Å²) in [4.78, 5) is 26.7. The van der Waals surface area contributed by atoms with Crippen LogP contribution in [0.15, 0.2) is 54.7 Å². The number of ether oxygens (including phenoxy) is 1. The van der Waals surface area contributed by atoms with Gasteiger partial charge in [0.2, 0.25) is 5.95 Å². The highest BCUT2D eigenvalue weighted by molar-refractivity contribution is 6.30. The predicted molar refractivity (Wildman–Crippen MR) is 160 cm³/mol. The summed E-state index contributed by atoms with van der Waals surface area (Å²) in [7, 11) is 0. The molecule has 10 heteroatoms. The lowest BCUT2D eigenvalue weighted by Crippen LogP contribution is -2.53. The lowest BCUT2D eigenvalue weighted by Gasteiger charge is -2.39. The van der Waals surface area contributed by atoms with E-state index < -0.39 is 6.09 Å². The van der Waals surface area contributed by atoms with Crippen LogP contribution in [-0.2, 0) is 12.0 Å². The first-order valence-corrected chi connectivity index (χ1v) is 14.8. The maximum absolute atomic E-state index is 11.0. The van der Waals surface area contributed by atoms with E-state index in [-0.39, 0.29) is 5.41 Å². The summed E-state index contributed by atoms with van der Waals surface area (Å²) in [6.07, 6.45) is 0.995. The molecule has 3 fully saturated rings. The normalized spacial score (nSPS) is 20.7. The number of rotatable bonds is 8. The summed E-state index contributed by atoms with van der Waals surface area (Å²) in [6, 6.07) is 17.6. The zero-order valence-electron chi connectivity index (χ0n) is 23.9. The molecule has 3 saturated heterocycles. The van der Waals surface area contributed by atoms with Gasteiger partial charge in [0.1, 0.15) is 12.4 Å². The molecule has 218 valence electrons. The largest absolute Gasteiger partial charge is 0.487 e. The Balaban J connectivity index is 1.02. The number of carbonyl (C=O) groups is 1. The third kappa shape index (κ3) is 5.87. The maximum Gasteiger partial charge on any atom is 0.407 e. The average molecular weight is 587 g/mol. The van der Waals surface area contributed by atoms with Gasteiger partial charge >= 0.3 is 6.09 Å². The van der Waals surface area contributed by atoms with Crippen LogP contribution in [-0.4, -0.2) is 76.8 Å². The summed E-state index contributed by atoms with van der Waals surface area (Å²) in [6.45, 7) is 10.9. The van der Waals surface area contributed by atoms with Gasteiger partial charge in [-0.3, -0.25) is 0 Å². The van der Waals surface area contributed by atoms with Gasteiger partial charge in [-0.15, -0.1) is 0 Å². The minimum atomic E-state index is -0.809. The number of halogens is 1. The van der Waals surface area contributed by atoms with Crippen LogP contribution in [0.4, 0.5) is 10.7 Å². The van der Waals surface area contributed by atoms with E-state index in [2.05, 4.69) is 34.7 Å². The Morgan fingerprint density at radius 2 is 1.76 bits per heavy atom. The summed E-state index contributed by atoms with van der Waals surface area (Å²) in [5.74, 6) is 3.14. The summed E-state index contributed by atoms with van der Waals surface area (Å²) in [5.41, 5.74) is 3.13. The average Bonchev–Trinajstić information content (AvgIpc) is 3.52. The number of nitrogens with zero attached hydrogens (tertiary/aromatic N) is 6. The van der Waals surface area contributed by atoms with Crippen LogP contribution in [0.25, 0.3) is 0 Å². The molecule has 2 unspecified atom stereocenters. The van der Waals surface area contributed by atoms with Crippen molar-refractivity contribution >= 4 is 23.6 Å². The number of amides is 1. The van der Waals surface area contributed by atoms with Gasteiger partial charge in [0.15, 0.2) is 0 Å². The van der Waals surface area contributed by atoms with E-state index in [9.17, 15) is 10.1 Å². The van der Waals surface area contributed by atoms with Crippen molar-refractivity contribution in [1.82, 2.24) is 19.8 Å². The highest BCUT2D eigenvalue weighted by Crippen LogP contribution is 2.35. The van der Waals surface area contributed by atoms with Gasteiger partial charge in [-0.1, -0.05) is 37.6 Å². The number of likely N-dealkylation sites (tertiary alicyclic amines) is 2. The molecule has 0 radical (unpaired) electrons. The van der Waals surface area contributed by atoms with E-state index in [1.807, 2.05) is 42.5 Å². The van der Waals surface area contributed by atoms with Crippen LogP contribution in [0.2, 0.25) is 5.02 Å². The van der Waals surface area contributed by atoms with Crippen molar-refractivity contribution in [2.24, 2.45) is 17.8 Å². The second kappa shape index (κ2) is 11.4. The number of anilines is 1. The van der Waals surface area contributed by atoms with Gasteiger partial charge in [-0.25, -0.2) is 14.8 Å². The zero-order chi connectivity index (χ0) is 29.4. The lowest BCUT2D eigenvalue weighted by atomic mass is 9.78. The Morgan fingerprint density at radius 3 is 2.43 bits per heavy atom. The molecule has 3 aliphatic rings. The number of carboxylic acid groups (broad SMARTS) is 1. The Morgan fingerprint density at radius 1 is 1.05 bits per heavy atom. The molecule has 0 aliphatic carbocycles. The van der Waals surface area contributed by atoms with Crippen molar-refractivity contribution in [3.8, 4) is 11.8 Å². The van der Waals surface area contributed by atoms with Crippen LogP contribution in [0.3, 0.4) is 0 Å². The summed E-state index contributed by atoms with van der Waals surface area (Å²) >= 11 is 6.26. The SMILES string of the molecule is CC(C)(c1ccc(OCc2ccnc(N3CC4CN(CC5CN(C(=O)O)C5)CC4C3)n2)cc1)c1cc(Cl)cc(C#N)c1. The van der Waals surface area contributed by atoms with Crippen molar-refractivity contribution < 1.29 is 14.6 Å². The van der Waals surface area contributed by atoms with Gasteiger partial charge in [-0.2, -0.15) is 5.26 Å². The fourth-order valence-corrected chi connectivity index (χ4v) is 6.77. The number of nitriles is 1. The van der Waals surface area contributed by atoms with E-state index in [0.717, 1.165) is 61.2 Å². The summed E-state index contributed by atoms with van der Waals surface area (Å²) in [5, 5.41) is 19.0. The first-order valence-electron chi connectivity index (χ1n) is 14.4. The molecule has 3 aromatic rings. The molecule has 1 amide bonds. The number of hydrogen-bond acceptors (Lipinski definition) is 7. The molecule has 0 saturated carbocycles. The van der Waals surface area contributed by atoms with Crippen molar-refractivity contribution in [3.63, 3.8) is 0 Å². The van der Waals surface area contributed by atoms with E-state index >= 15 is 0 Å². The van der Waals surface area contributed by atoms with Gasteiger partial charge in [0.05, 0.1) is 17.3 Å². The van der Waals surface area contributed by atoms with Crippen molar-refractivity contribution in [2.45, 2.75) is 25.9 Å². The molecule has 42 heavy (non-hydrogen) atoms. The minimum absolute atomic E-state index is 0.333. The second-order valence-corrected chi connectivity index (χ2v) is 12.8. The third-order valence-corrected chi connectivity index (χ3v) is 9.22. The van der Waals surface area contributed by atoms with Gasteiger partial charge in [0, 0.05) is 68.4 Å². The molecule has 1 aromatic heterocycles. The standard InChI is InChI=1S/C32H35ClN6O3/c1-32(2,26-9-21(12-34)10-27(33)11-26)25-3-5-29(6-4-25)42-20-28-7-8-35-30(36-28)38-18-23-16-37(17-24(23)19-38)13-22-14-39(15-22)31(40)41/h3-11,22-24H,13-20H2,1-2H3,(H,40,41). The minimum Gasteiger partial charge on any atom is -0.487 e. The number of aromatic nitrogens is 2. The quantitative estimate of drug-likeness (QED) is 0.398. The first-order chi connectivity index (χ1) is 20.2. The predicted octanol–water partition coefficient (Wildman–Crippen LogP) is 4.88. The topological polar surface area (TPSA) is 106 Å². The molecular formula is C32H35ClN6O3. The molecule has 2 aromatic carbocycles. The Kier molecular flexibility index (Phi) is 7.69. The van der Waals surface area contributed by atoms with E-state index in [1.54, 1.807) is 12.3 Å². The van der Waals surface area contributed by atoms with E-state index in [1.165, 1.54) is 4.90 Å². The first kappa shape index (κ1) is 28.3. The van der Waals surface area contributed by atoms with Crippen LogP contribution in [0, 0.1) is 29.1 Å². The van der Waals surface area contributed by atoms with Crippen molar-refractivity contribution in [3.05, 3.63) is 82.1 Å². The molecule has 1 N–H and O–H groups in total. The third-order valence-electron chi connectivity index (χ3n) is 9.00. The Hall–Kier alpha value is -3.87. The lowest BCUT2D eigenvalue weighted by molar-refractivity contribution is 0.0651. The Labute approximate surface area is 251 Å². The van der Waals surface area contributed by atoms with Crippen LogP contribution >= 0.6 is 11.6 Å². The highest BCUT2D eigenvalue weighted by Gasteiger charge is 2.42. The van der Waals surface area contributed by atoms with Gasteiger partial charge in [-0.05, 0) is 59.4 Å². The molecular weight excluding hydrogens is 552 g/mol. The maximum atomic E-state index is 11.0. The second-order valence-electron chi connectivity index (χ2n) is 12.3. The number of benzene rings is 2. The van der Waals surface area contributed by atoms with Crippen molar-refractivity contribution in [2.75, 3.05) is 50.7 Å². The molecule has 6 rings (SSSR count). The molecule has 9 nitrogen and oxygen atoms in total. The molecule has 2 atom stereocenters. The van der Waals surface area contributed by atoms with E-state index in [4.69, 9.17) is 26.4 Å². The smallest absolute Gasteiger partial charge is 0.407 e. The van der Waals surface area contributed by atoms with Crippen LogP contribution < -0.4 is 9.64 Å². The molecule has 3 aliphatic heterocycles. The number of fused-ring (bicyclic) bond motifs is 1. The summed E-state index contributed by atoms with van der Waals surface area (Å²) < 4.78 is 6.08. The van der Waals surface area contributed by atoms with E-state index in [0.29, 0.717) is 48.0 Å². The molecule has 0 spiro atoms. The van der Waals surface area contributed by atoms with Crippen LogP contribution in [0.1, 0.15) is 36.2 Å². The fourth-order valence-electron chi connectivity index (χ4n) is 6.53. The van der Waals surface area contributed by atoms with Gasteiger partial charge in [0.25, 0.3) is 0 Å². The fraction of sp³-hybridized carbons (Fsp3) is 0.438.